The van der Waals surface area contributed by atoms with E-state index in [1.807, 2.05) is 30.5 Å². The van der Waals surface area contributed by atoms with Gasteiger partial charge in [0.2, 0.25) is 0 Å². The van der Waals surface area contributed by atoms with Gasteiger partial charge in [-0.2, -0.15) is 5.10 Å². The lowest BCUT2D eigenvalue weighted by Crippen LogP contribution is -1.99. The van der Waals surface area contributed by atoms with Crippen LogP contribution in [-0.2, 0) is 0 Å². The van der Waals surface area contributed by atoms with Crippen LogP contribution in [0.3, 0.4) is 0 Å². The van der Waals surface area contributed by atoms with Crippen molar-refractivity contribution in [1.29, 1.82) is 0 Å². The zero-order chi connectivity index (χ0) is 9.97. The Bertz CT molecular complexity index is 426. The van der Waals surface area contributed by atoms with E-state index in [1.165, 1.54) is 0 Å². The molecule has 0 spiro atoms. The molecule has 4 heteroatoms. The minimum Gasteiger partial charge on any atom is -0.494 e. The first kappa shape index (κ1) is 9.27. The van der Waals surface area contributed by atoms with Crippen LogP contribution in [0.2, 0.25) is 0 Å². The first-order chi connectivity index (χ1) is 6.83. The van der Waals surface area contributed by atoms with Crippen molar-refractivity contribution in [3.05, 3.63) is 41.1 Å². The summed E-state index contributed by atoms with van der Waals surface area (Å²) in [7, 11) is 1.65. The molecule has 0 amide bonds. The number of hydrogen-bond acceptors (Lipinski definition) is 2. The van der Waals surface area contributed by atoms with Gasteiger partial charge in [-0.3, -0.25) is 0 Å². The quantitative estimate of drug-likeness (QED) is 0.822. The van der Waals surface area contributed by atoms with E-state index in [0.29, 0.717) is 0 Å². The predicted octanol–water partition coefficient (Wildman–Crippen LogP) is 2.64. The van der Waals surface area contributed by atoms with Gasteiger partial charge in [-0.05, 0) is 34.1 Å². The van der Waals surface area contributed by atoms with Crippen LogP contribution in [-0.4, -0.2) is 16.9 Å². The summed E-state index contributed by atoms with van der Waals surface area (Å²) in [6.45, 7) is 0. The van der Waals surface area contributed by atoms with Crippen LogP contribution in [0.15, 0.2) is 41.1 Å². The van der Waals surface area contributed by atoms with Crippen LogP contribution in [0.1, 0.15) is 0 Å². The maximum absolute atomic E-state index is 5.26. The number of nitrogens with zero attached hydrogens (tertiary/aromatic N) is 2. The van der Waals surface area contributed by atoms with Crippen LogP contribution in [0, 0.1) is 0 Å². The lowest BCUT2D eigenvalue weighted by Gasteiger charge is -2.09. The Balaban J connectivity index is 2.61. The monoisotopic (exact) mass is 252 g/mol. The summed E-state index contributed by atoms with van der Waals surface area (Å²) in [4.78, 5) is 0. The van der Waals surface area contributed by atoms with Gasteiger partial charge in [0.15, 0.2) is 0 Å². The van der Waals surface area contributed by atoms with E-state index in [-0.39, 0.29) is 0 Å². The summed E-state index contributed by atoms with van der Waals surface area (Å²) in [6, 6.07) is 7.66. The van der Waals surface area contributed by atoms with E-state index in [4.69, 9.17) is 4.74 Å². The molecular weight excluding hydrogens is 244 g/mol. The van der Waals surface area contributed by atoms with Crippen molar-refractivity contribution in [1.82, 2.24) is 9.78 Å². The second-order valence-corrected chi connectivity index (χ2v) is 3.60. The van der Waals surface area contributed by atoms with Crippen molar-refractivity contribution in [3.63, 3.8) is 0 Å². The molecule has 0 unspecified atom stereocenters. The third-order valence-corrected chi connectivity index (χ3v) is 2.54. The second kappa shape index (κ2) is 3.84. The Hall–Kier alpha value is -1.29. The van der Waals surface area contributed by atoms with Crippen LogP contribution >= 0.6 is 15.9 Å². The van der Waals surface area contributed by atoms with Gasteiger partial charge in [0.25, 0.3) is 0 Å². The highest BCUT2D eigenvalue weighted by Gasteiger charge is 2.08. The fourth-order valence-corrected chi connectivity index (χ4v) is 1.81. The van der Waals surface area contributed by atoms with E-state index in [1.54, 1.807) is 18.0 Å². The summed E-state index contributed by atoms with van der Waals surface area (Å²) >= 11 is 3.47. The number of methoxy groups -OCH3 is 1. The first-order valence-corrected chi connectivity index (χ1v) is 4.95. The van der Waals surface area contributed by atoms with Crippen molar-refractivity contribution < 1.29 is 4.74 Å². The summed E-state index contributed by atoms with van der Waals surface area (Å²) in [5.74, 6) is 0.795. The molecule has 3 nitrogen and oxygen atoms in total. The minimum absolute atomic E-state index is 0.795. The predicted molar refractivity (Wildman–Crippen MR) is 57.8 cm³/mol. The zero-order valence-corrected chi connectivity index (χ0v) is 9.23. The smallest absolute Gasteiger partial charge is 0.145 e. The molecule has 0 bridgehead atoms. The van der Waals surface area contributed by atoms with Gasteiger partial charge in [-0.15, -0.1) is 0 Å². The molecule has 0 N–H and O–H groups in total. The largest absolute Gasteiger partial charge is 0.494 e. The van der Waals surface area contributed by atoms with Gasteiger partial charge in [-0.25, -0.2) is 4.68 Å². The molecule has 14 heavy (non-hydrogen) atoms. The molecule has 0 atom stereocenters. The Morgan fingerprint density at radius 3 is 2.86 bits per heavy atom. The normalized spacial score (nSPS) is 10.1. The average Bonchev–Trinajstić information content (AvgIpc) is 2.70. The summed E-state index contributed by atoms with van der Waals surface area (Å²) in [5, 5.41) is 4.16. The number of ether oxygens (including phenoxy) is 1. The van der Waals surface area contributed by atoms with Crippen molar-refractivity contribution in [3.8, 4) is 11.4 Å². The van der Waals surface area contributed by atoms with E-state index >= 15 is 0 Å². The van der Waals surface area contributed by atoms with Crippen LogP contribution in [0.5, 0.6) is 5.75 Å². The molecule has 0 aliphatic carbocycles. The number of benzene rings is 1. The molecule has 0 saturated carbocycles. The van der Waals surface area contributed by atoms with E-state index in [9.17, 15) is 0 Å². The number of halogens is 1. The maximum atomic E-state index is 5.26. The molecule has 0 aliphatic rings. The molecule has 0 saturated heterocycles. The zero-order valence-electron chi connectivity index (χ0n) is 7.64. The third-order valence-electron chi connectivity index (χ3n) is 1.90. The number of para-hydroxylation sites is 1. The van der Waals surface area contributed by atoms with Crippen LogP contribution in [0.25, 0.3) is 5.69 Å². The highest BCUT2D eigenvalue weighted by atomic mass is 79.9. The van der Waals surface area contributed by atoms with Crippen molar-refractivity contribution in [2.24, 2.45) is 0 Å². The van der Waals surface area contributed by atoms with Gasteiger partial charge in [-0.1, -0.05) is 6.07 Å². The number of aromatic nitrogens is 2. The summed E-state index contributed by atoms with van der Waals surface area (Å²) in [6.07, 6.45) is 3.61. The Kier molecular flexibility index (Phi) is 2.54. The fraction of sp³-hybridized carbons (Fsp3) is 0.100. The Labute approximate surface area is 90.4 Å². The van der Waals surface area contributed by atoms with Gasteiger partial charge in [0, 0.05) is 16.9 Å². The lowest BCUT2D eigenvalue weighted by atomic mass is 10.3. The van der Waals surface area contributed by atoms with Crippen molar-refractivity contribution >= 4 is 15.9 Å². The first-order valence-electron chi connectivity index (χ1n) is 4.15. The molecule has 2 aromatic rings. The van der Waals surface area contributed by atoms with E-state index < -0.39 is 0 Å². The summed E-state index contributed by atoms with van der Waals surface area (Å²) in [5.41, 5.74) is 0.917. The SMILES string of the molecule is COc1cccc(Br)c1-n1cccn1. The lowest BCUT2D eigenvalue weighted by molar-refractivity contribution is 0.411. The van der Waals surface area contributed by atoms with Gasteiger partial charge >= 0.3 is 0 Å². The number of hydrogen-bond donors (Lipinski definition) is 0. The van der Waals surface area contributed by atoms with Crippen LogP contribution < -0.4 is 4.74 Å². The van der Waals surface area contributed by atoms with E-state index in [2.05, 4.69) is 21.0 Å². The minimum atomic E-state index is 0.795. The molecule has 2 rings (SSSR count). The highest BCUT2D eigenvalue weighted by Crippen LogP contribution is 2.29. The number of rotatable bonds is 2. The molecule has 0 radical (unpaired) electrons. The molecule has 0 fully saturated rings. The third kappa shape index (κ3) is 1.53. The van der Waals surface area contributed by atoms with Gasteiger partial charge < -0.3 is 4.74 Å². The second-order valence-electron chi connectivity index (χ2n) is 2.74. The average molecular weight is 253 g/mol. The Morgan fingerprint density at radius 2 is 2.21 bits per heavy atom. The van der Waals surface area contributed by atoms with Crippen molar-refractivity contribution in [2.45, 2.75) is 0 Å². The fourth-order valence-electron chi connectivity index (χ4n) is 1.28. The topological polar surface area (TPSA) is 27.1 Å². The van der Waals surface area contributed by atoms with Gasteiger partial charge in [0.1, 0.15) is 11.4 Å². The van der Waals surface area contributed by atoms with Gasteiger partial charge in [0.05, 0.1) is 7.11 Å². The maximum Gasteiger partial charge on any atom is 0.145 e. The highest BCUT2D eigenvalue weighted by molar-refractivity contribution is 9.10. The van der Waals surface area contributed by atoms with E-state index in [0.717, 1.165) is 15.9 Å². The molecule has 1 aromatic heterocycles. The molecule has 1 heterocycles. The van der Waals surface area contributed by atoms with Crippen LogP contribution in [0.4, 0.5) is 0 Å². The molecular formula is C10H9BrN2O. The van der Waals surface area contributed by atoms with Crippen molar-refractivity contribution in [2.75, 3.05) is 7.11 Å². The Morgan fingerprint density at radius 1 is 1.36 bits per heavy atom. The standard InChI is InChI=1S/C10H9BrN2O/c1-14-9-5-2-4-8(11)10(9)13-7-3-6-12-13/h2-7H,1H3. The molecule has 72 valence electrons. The molecule has 0 aliphatic heterocycles. The molecule has 1 aromatic carbocycles. The summed E-state index contributed by atoms with van der Waals surface area (Å²) < 4.78 is 7.98.